The second-order valence-electron chi connectivity index (χ2n) is 10.7. The van der Waals surface area contributed by atoms with E-state index in [0.29, 0.717) is 19.5 Å². The van der Waals surface area contributed by atoms with Crippen LogP contribution in [-0.2, 0) is 35.2 Å². The number of fused-ring (bicyclic) bond motifs is 2. The van der Waals surface area contributed by atoms with Crippen LogP contribution >= 0.6 is 16.0 Å². The van der Waals surface area contributed by atoms with Gasteiger partial charge in [-0.1, -0.05) is 72.8 Å². The quantitative estimate of drug-likeness (QED) is 0.109. The molecule has 0 atom stereocenters. The molecule has 0 aliphatic heterocycles. The molecule has 6 N–H and O–H groups in total. The van der Waals surface area contributed by atoms with Crippen molar-refractivity contribution in [2.75, 3.05) is 39.3 Å². The van der Waals surface area contributed by atoms with Gasteiger partial charge in [0.15, 0.2) is 8.38 Å². The van der Waals surface area contributed by atoms with Crippen molar-refractivity contribution in [3.63, 3.8) is 0 Å². The number of hydrogen-bond donors (Lipinski definition) is 6. The van der Waals surface area contributed by atoms with E-state index in [-0.39, 0.29) is 38.6 Å². The van der Waals surface area contributed by atoms with Crippen molar-refractivity contribution >= 4 is 37.5 Å². The summed E-state index contributed by atoms with van der Waals surface area (Å²) >= 11 is 0. The molecular weight excluding hydrogens is 576 g/mol. The van der Waals surface area contributed by atoms with Crippen molar-refractivity contribution in [3.05, 3.63) is 95.1 Å². The number of aryl methyl sites for hydroxylation is 2. The Morgan fingerprint density at radius 2 is 1.17 bits per heavy atom. The van der Waals surface area contributed by atoms with E-state index in [9.17, 15) is 34.4 Å². The highest BCUT2D eigenvalue weighted by molar-refractivity contribution is 7.51. The maximum Gasteiger partial charge on any atom is 0.325 e. The number of hydrogen-bond acceptors (Lipinski definition) is 7. The molecule has 0 aromatic heterocycles. The number of aliphatic hydroxyl groups is 2. The second-order valence-corrected chi connectivity index (χ2v) is 13.6. The lowest BCUT2D eigenvalue weighted by Gasteiger charge is -2.41. The number of aliphatic hydroxyl groups excluding tert-OH is 2. The van der Waals surface area contributed by atoms with Crippen molar-refractivity contribution in [3.8, 4) is 0 Å². The zero-order chi connectivity index (χ0) is 30.3. The van der Waals surface area contributed by atoms with Gasteiger partial charge in [0.25, 0.3) is 0 Å². The maximum atomic E-state index is 11.6. The van der Waals surface area contributed by atoms with Crippen molar-refractivity contribution in [1.82, 2.24) is 4.90 Å². The summed E-state index contributed by atoms with van der Waals surface area (Å²) in [5.41, 5.74) is 2.68. The van der Waals surface area contributed by atoms with Gasteiger partial charge in [-0.3, -0.25) is 9.46 Å². The Hall–Kier alpha value is -2.26. The topological polar surface area (TPSA) is 151 Å². The smallest absolute Gasteiger partial charge is 0.325 e. The molecule has 42 heavy (non-hydrogen) atoms. The van der Waals surface area contributed by atoms with Gasteiger partial charge < -0.3 is 34.5 Å². The van der Waals surface area contributed by atoms with Crippen LogP contribution in [0.25, 0.3) is 21.5 Å². The normalized spacial score (nSPS) is 12.7. The summed E-state index contributed by atoms with van der Waals surface area (Å²) in [5, 5.41) is 25.1. The summed E-state index contributed by atoms with van der Waals surface area (Å²) in [6, 6.07) is 23.5. The molecule has 4 aromatic carbocycles. The number of nitrogens with zero attached hydrogens (tertiary/aromatic N) is 1. The first-order chi connectivity index (χ1) is 20.1. The molecule has 4 rings (SSSR count). The minimum atomic E-state index is -4.16. The zero-order valence-electron chi connectivity index (χ0n) is 23.6. The third-order valence-electron chi connectivity index (χ3n) is 7.86. The van der Waals surface area contributed by atoms with E-state index in [1.807, 2.05) is 77.7 Å². The summed E-state index contributed by atoms with van der Waals surface area (Å²) in [5.74, 6) is 0. The van der Waals surface area contributed by atoms with E-state index < -0.39 is 21.5 Å². The minimum absolute atomic E-state index is 0.0882. The lowest BCUT2D eigenvalue weighted by molar-refractivity contribution is -0.0668. The Morgan fingerprint density at radius 1 is 0.738 bits per heavy atom. The highest BCUT2D eigenvalue weighted by atomic mass is 31.2. The van der Waals surface area contributed by atoms with Gasteiger partial charge in [-0.2, -0.15) is 0 Å². The van der Waals surface area contributed by atoms with Gasteiger partial charge in [0.1, 0.15) is 0 Å². The molecule has 0 unspecified atom stereocenters. The van der Waals surface area contributed by atoms with E-state index in [0.717, 1.165) is 43.8 Å². The Bertz CT molecular complexity index is 1540. The molecule has 0 aliphatic rings. The summed E-state index contributed by atoms with van der Waals surface area (Å²) in [4.78, 5) is 39.8. The number of methoxy groups -OCH3 is 1. The van der Waals surface area contributed by atoms with Crippen LogP contribution in [0.4, 0.5) is 0 Å². The summed E-state index contributed by atoms with van der Waals surface area (Å²) in [6.45, 7) is 0.140. The minimum Gasteiger partial charge on any atom is -0.394 e. The SMILES string of the molecule is COCC(CO)(CO)N(Cc1ccc(CCP(O)O)c2ccccc12)Cc1ccc(CCP(=O)(O)O)c2ccccc12. The molecule has 0 amide bonds. The van der Waals surface area contributed by atoms with Crippen LogP contribution in [0.15, 0.2) is 72.8 Å². The molecule has 9 nitrogen and oxygen atoms in total. The van der Waals surface area contributed by atoms with E-state index >= 15 is 0 Å². The fourth-order valence-electron chi connectivity index (χ4n) is 5.55. The van der Waals surface area contributed by atoms with Crippen molar-refractivity contribution in [2.45, 2.75) is 31.5 Å². The first-order valence-electron chi connectivity index (χ1n) is 13.8. The van der Waals surface area contributed by atoms with E-state index in [4.69, 9.17) is 4.74 Å². The van der Waals surface area contributed by atoms with E-state index in [1.165, 1.54) is 7.11 Å². The fourth-order valence-corrected chi connectivity index (χ4v) is 6.52. The van der Waals surface area contributed by atoms with Crippen molar-refractivity contribution in [1.29, 1.82) is 0 Å². The first-order valence-corrected chi connectivity index (χ1v) is 17.0. The molecule has 0 fully saturated rings. The molecule has 0 aliphatic carbocycles. The van der Waals surface area contributed by atoms with Crippen LogP contribution < -0.4 is 0 Å². The van der Waals surface area contributed by atoms with E-state index in [2.05, 4.69) is 0 Å². The molecule has 0 saturated heterocycles. The number of ether oxygens (including phenoxy) is 1. The molecule has 0 radical (unpaired) electrons. The van der Waals surface area contributed by atoms with E-state index in [1.54, 1.807) is 0 Å². The molecule has 11 heteroatoms. The largest absolute Gasteiger partial charge is 0.394 e. The average Bonchev–Trinajstić information content (AvgIpc) is 2.98. The second kappa shape index (κ2) is 14.5. The van der Waals surface area contributed by atoms with Gasteiger partial charge >= 0.3 is 7.60 Å². The van der Waals surface area contributed by atoms with Gasteiger partial charge in [-0.25, -0.2) is 0 Å². The third-order valence-corrected chi connectivity index (χ3v) is 9.29. The highest BCUT2D eigenvalue weighted by Gasteiger charge is 2.37. The maximum absolute atomic E-state index is 11.6. The molecule has 0 spiro atoms. The van der Waals surface area contributed by atoms with Gasteiger partial charge in [-0.05, 0) is 56.6 Å². The lowest BCUT2D eigenvalue weighted by atomic mass is 9.93. The first kappa shape index (κ1) is 32.6. The molecule has 0 bridgehead atoms. The Labute approximate surface area is 247 Å². The average molecular weight is 616 g/mol. The van der Waals surface area contributed by atoms with Gasteiger partial charge in [0, 0.05) is 26.4 Å². The van der Waals surface area contributed by atoms with Crippen molar-refractivity contribution < 1.29 is 39.1 Å². The number of benzene rings is 4. The monoisotopic (exact) mass is 615 g/mol. The van der Waals surface area contributed by atoms with Crippen LogP contribution in [0.5, 0.6) is 0 Å². The highest BCUT2D eigenvalue weighted by Crippen LogP contribution is 2.37. The Morgan fingerprint density at radius 3 is 1.57 bits per heavy atom. The zero-order valence-corrected chi connectivity index (χ0v) is 25.4. The predicted octanol–water partition coefficient (Wildman–Crippen LogP) is 3.92. The predicted molar refractivity (Wildman–Crippen MR) is 166 cm³/mol. The van der Waals surface area contributed by atoms with Crippen LogP contribution in [0, 0.1) is 0 Å². The fraction of sp³-hybridized carbons (Fsp3) is 0.355. The molecule has 0 saturated carbocycles. The molecule has 4 aromatic rings. The third kappa shape index (κ3) is 7.81. The van der Waals surface area contributed by atoms with Crippen LogP contribution in [0.3, 0.4) is 0 Å². The molecule has 226 valence electrons. The number of rotatable bonds is 15. The Kier molecular flexibility index (Phi) is 11.3. The van der Waals surface area contributed by atoms with Crippen LogP contribution in [0.1, 0.15) is 22.3 Å². The van der Waals surface area contributed by atoms with Gasteiger partial charge in [-0.15, -0.1) is 0 Å². The van der Waals surface area contributed by atoms with Crippen LogP contribution in [-0.4, -0.2) is 79.5 Å². The van der Waals surface area contributed by atoms with Gasteiger partial charge in [0.05, 0.1) is 31.5 Å². The summed E-state index contributed by atoms with van der Waals surface area (Å²) < 4.78 is 17.0. The van der Waals surface area contributed by atoms with Gasteiger partial charge in [0.2, 0.25) is 0 Å². The summed E-state index contributed by atoms with van der Waals surface area (Å²) in [6.07, 6.45) is 0.816. The molecule has 0 heterocycles. The standard InChI is InChI=1S/C31H39NO8P2/c1-40-22-31(20-33,21-34)32(18-25-12-10-23(14-16-41(35)36)27-6-2-4-8-29(25)27)19-26-13-11-24(15-17-42(37,38)39)28-7-3-5-9-30(26)28/h2-13,33-36H,14-22H2,1H3,(H2,37,38,39). The van der Waals surface area contributed by atoms with Crippen molar-refractivity contribution in [2.24, 2.45) is 0 Å². The summed E-state index contributed by atoms with van der Waals surface area (Å²) in [7, 11) is -4.62. The molecular formula is C31H39NO8P2. The Balaban J connectivity index is 1.77. The van der Waals surface area contributed by atoms with Crippen LogP contribution in [0.2, 0.25) is 0 Å². The lowest BCUT2D eigenvalue weighted by Crippen LogP contribution is -2.56.